The van der Waals surface area contributed by atoms with E-state index in [2.05, 4.69) is 41.5 Å². The second-order valence-electron chi connectivity index (χ2n) is 18.3. The molecule has 0 saturated carbocycles. The summed E-state index contributed by atoms with van der Waals surface area (Å²) in [7, 11) is -5.27. The fraction of sp³-hybridized carbons (Fsp3) is 0.321. The van der Waals surface area contributed by atoms with Crippen LogP contribution in [0.4, 0.5) is 0 Å². The topological polar surface area (TPSA) is 134 Å². The highest BCUT2D eigenvalue weighted by atomic mass is 31.2. The van der Waals surface area contributed by atoms with E-state index in [0.29, 0.717) is 11.5 Å². The van der Waals surface area contributed by atoms with Gasteiger partial charge in [-0.2, -0.15) is 0 Å². The third-order valence-corrected chi connectivity index (χ3v) is 16.9. The Bertz CT molecular complexity index is 2280. The van der Waals surface area contributed by atoms with E-state index in [4.69, 9.17) is 9.05 Å². The van der Waals surface area contributed by atoms with Crippen LogP contribution in [-0.4, -0.2) is 45.1 Å². The van der Waals surface area contributed by atoms with Gasteiger partial charge in [-0.1, -0.05) is 142 Å². The molecule has 8 nitrogen and oxygen atoms in total. The lowest BCUT2D eigenvalue weighted by atomic mass is 9.78. The van der Waals surface area contributed by atoms with Crippen molar-refractivity contribution in [1.29, 1.82) is 0 Å². The second-order valence-corrected chi connectivity index (χ2v) is 24.4. The minimum atomic E-state index is -2.63. The number of rotatable bonds is 12. The summed E-state index contributed by atoms with van der Waals surface area (Å²) in [5.74, 6) is 2.34. The zero-order valence-electron chi connectivity index (χ0n) is 38.8. The molecule has 0 aliphatic carbocycles. The van der Waals surface area contributed by atoms with Crippen molar-refractivity contribution in [3.8, 4) is 34.5 Å². The van der Waals surface area contributed by atoms with Crippen LogP contribution in [0.15, 0.2) is 146 Å². The monoisotopic (exact) mass is 892 g/mol. The van der Waals surface area contributed by atoms with E-state index in [1.165, 1.54) is 0 Å². The molecule has 336 valence electrons. The summed E-state index contributed by atoms with van der Waals surface area (Å²) in [5.41, 5.74) is 6.20. The average molecular weight is 893 g/mol. The first kappa shape index (κ1) is 50.2. The van der Waals surface area contributed by atoms with Crippen molar-refractivity contribution in [3.63, 3.8) is 0 Å². The van der Waals surface area contributed by atoms with E-state index >= 15 is 0 Å². The number of phenols is 4. The molecule has 10 heteroatoms. The fourth-order valence-corrected chi connectivity index (χ4v) is 8.01. The van der Waals surface area contributed by atoms with Gasteiger partial charge in [-0.3, -0.25) is 9.13 Å². The zero-order valence-corrected chi connectivity index (χ0v) is 40.6. The molecule has 0 aliphatic heterocycles. The van der Waals surface area contributed by atoms with Crippen molar-refractivity contribution in [3.05, 3.63) is 179 Å². The van der Waals surface area contributed by atoms with E-state index in [0.717, 1.165) is 33.4 Å². The maximum atomic E-state index is 12.4. The predicted octanol–water partition coefficient (Wildman–Crippen LogP) is 14.3. The van der Waals surface area contributed by atoms with Gasteiger partial charge in [0.05, 0.1) is 0 Å². The molecule has 0 aromatic heterocycles. The van der Waals surface area contributed by atoms with Crippen LogP contribution in [0.3, 0.4) is 0 Å². The SMILES string of the molecule is CC(C)(c1ccc(O)cc1)c1ccc(O)cc1.CC(C)P(C)(=O)Oc1ccc(C(C)(C)c2ccc(O)cc2)cc1.CC(C)P(C)(=O)Oc1ccc(C(C)(C)c2ccc(O)cc2)cc1. The minimum Gasteiger partial charge on any atom is -0.508 e. The highest BCUT2D eigenvalue weighted by Crippen LogP contribution is 2.49. The Morgan fingerprint density at radius 2 is 0.508 bits per heavy atom. The molecule has 0 aliphatic rings. The molecule has 2 atom stereocenters. The van der Waals surface area contributed by atoms with Gasteiger partial charge in [0.2, 0.25) is 14.7 Å². The second kappa shape index (κ2) is 20.4. The molecule has 0 saturated heterocycles. The summed E-state index contributed by atoms with van der Waals surface area (Å²) in [4.78, 5) is 0. The average Bonchev–Trinajstić information content (AvgIpc) is 3.22. The number of aromatic hydroxyl groups is 4. The molecule has 0 radical (unpaired) electrons. The van der Waals surface area contributed by atoms with Crippen LogP contribution in [0.25, 0.3) is 0 Å². The van der Waals surface area contributed by atoms with Gasteiger partial charge >= 0.3 is 0 Å². The number of benzene rings is 6. The first-order valence-corrected chi connectivity index (χ1v) is 25.5. The summed E-state index contributed by atoms with van der Waals surface area (Å²) in [6, 6.07) is 44.5. The molecular formula is C53H66O8P2. The van der Waals surface area contributed by atoms with Crippen molar-refractivity contribution in [2.45, 2.75) is 96.8 Å². The fourth-order valence-electron chi connectivity index (χ4n) is 6.51. The van der Waals surface area contributed by atoms with Gasteiger partial charge in [-0.05, 0) is 106 Å². The standard InChI is InChI=1S/2C19H25O3P.C15H16O2/c2*1-14(2)23(5,21)22-18-12-8-16(9-13-18)19(3,4)15-6-10-17(20)11-7-15;1-15(2,11-3-7-13(16)8-4-11)12-5-9-14(17)10-6-12/h2*6-14,20H,1-5H3;3-10,16-17H,1-2H3. The third-order valence-electron chi connectivity index (χ3n) is 12.0. The summed E-state index contributed by atoms with van der Waals surface area (Å²) < 4.78 is 36.1. The molecule has 6 aromatic rings. The molecule has 0 heterocycles. The van der Waals surface area contributed by atoms with Crippen LogP contribution < -0.4 is 9.05 Å². The molecule has 6 rings (SSSR count). The Kier molecular flexibility index (Phi) is 16.3. The van der Waals surface area contributed by atoms with Crippen LogP contribution in [-0.2, 0) is 25.4 Å². The van der Waals surface area contributed by atoms with Crippen LogP contribution in [0, 0.1) is 0 Å². The lowest BCUT2D eigenvalue weighted by molar-refractivity contribution is 0.473. The summed E-state index contributed by atoms with van der Waals surface area (Å²) in [6.07, 6.45) is 0. The van der Waals surface area contributed by atoms with Crippen LogP contribution in [0.2, 0.25) is 0 Å². The molecule has 2 unspecified atom stereocenters. The normalized spacial score (nSPS) is 13.7. The van der Waals surface area contributed by atoms with Gasteiger partial charge in [0, 0.05) is 40.9 Å². The number of hydrogen-bond acceptors (Lipinski definition) is 8. The van der Waals surface area contributed by atoms with E-state index < -0.39 is 14.7 Å². The first-order valence-electron chi connectivity index (χ1n) is 21.2. The maximum absolute atomic E-state index is 12.4. The van der Waals surface area contributed by atoms with Crippen molar-refractivity contribution in [2.24, 2.45) is 0 Å². The summed E-state index contributed by atoms with van der Waals surface area (Å²) in [5, 5.41) is 37.5. The first-order chi connectivity index (χ1) is 29.2. The van der Waals surface area contributed by atoms with E-state index in [-0.39, 0.29) is 50.6 Å². The van der Waals surface area contributed by atoms with Crippen molar-refractivity contribution in [2.75, 3.05) is 13.3 Å². The summed E-state index contributed by atoms with van der Waals surface area (Å²) in [6.45, 7) is 23.7. The molecule has 0 bridgehead atoms. The van der Waals surface area contributed by atoms with Crippen molar-refractivity contribution in [1.82, 2.24) is 0 Å². The van der Waals surface area contributed by atoms with Gasteiger partial charge in [0.25, 0.3) is 0 Å². The van der Waals surface area contributed by atoms with E-state index in [1.807, 2.05) is 125 Å². The van der Waals surface area contributed by atoms with Gasteiger partial charge in [0.1, 0.15) is 34.5 Å². The Balaban J connectivity index is 0.000000210. The predicted molar refractivity (Wildman–Crippen MR) is 260 cm³/mol. The largest absolute Gasteiger partial charge is 0.508 e. The third kappa shape index (κ3) is 13.3. The number of hydrogen-bond donors (Lipinski definition) is 4. The van der Waals surface area contributed by atoms with Gasteiger partial charge in [-0.25, -0.2) is 0 Å². The van der Waals surface area contributed by atoms with Crippen LogP contribution in [0.5, 0.6) is 34.5 Å². The summed E-state index contributed by atoms with van der Waals surface area (Å²) >= 11 is 0. The lowest BCUT2D eigenvalue weighted by Crippen LogP contribution is -2.18. The minimum absolute atomic E-state index is 0.00406. The molecule has 63 heavy (non-hydrogen) atoms. The quantitative estimate of drug-likeness (QED) is 0.0893. The van der Waals surface area contributed by atoms with E-state index in [9.17, 15) is 29.6 Å². The smallest absolute Gasteiger partial charge is 0.247 e. The molecule has 4 N–H and O–H groups in total. The van der Waals surface area contributed by atoms with Crippen LogP contribution >= 0.6 is 14.7 Å². The highest BCUT2D eigenvalue weighted by Gasteiger charge is 2.27. The lowest BCUT2D eigenvalue weighted by Gasteiger charge is -2.26. The molecule has 0 amide bonds. The zero-order chi connectivity index (χ0) is 47.0. The number of phenolic OH excluding ortho intramolecular Hbond substituents is 4. The van der Waals surface area contributed by atoms with Crippen LogP contribution in [0.1, 0.15) is 103 Å². The van der Waals surface area contributed by atoms with E-state index in [1.54, 1.807) is 61.9 Å². The van der Waals surface area contributed by atoms with Gasteiger partial charge in [0.15, 0.2) is 0 Å². The molecular weight excluding hydrogens is 827 g/mol. The highest BCUT2D eigenvalue weighted by molar-refractivity contribution is 7.59. The molecule has 0 fully saturated rings. The molecule has 0 spiro atoms. The Morgan fingerprint density at radius 1 is 0.349 bits per heavy atom. The van der Waals surface area contributed by atoms with Crippen molar-refractivity contribution < 1.29 is 38.6 Å². The van der Waals surface area contributed by atoms with Gasteiger partial charge < -0.3 is 29.5 Å². The Hall–Kier alpha value is -5.42. The van der Waals surface area contributed by atoms with Gasteiger partial charge in [-0.15, -0.1) is 0 Å². The Morgan fingerprint density at radius 3 is 0.667 bits per heavy atom. The van der Waals surface area contributed by atoms with Crippen molar-refractivity contribution >= 4 is 14.7 Å². The maximum Gasteiger partial charge on any atom is 0.247 e. The molecule has 6 aromatic carbocycles. The Labute approximate surface area is 375 Å².